The van der Waals surface area contributed by atoms with Gasteiger partial charge in [-0.25, -0.2) is 0 Å². The topological polar surface area (TPSA) is 29.2 Å². The number of benzene rings is 1. The van der Waals surface area contributed by atoms with Gasteiger partial charge >= 0.3 is 6.18 Å². The number of aromatic nitrogens is 2. The van der Waals surface area contributed by atoms with Crippen molar-refractivity contribution in [2.24, 2.45) is 0 Å². The van der Waals surface area contributed by atoms with E-state index in [2.05, 4.69) is 10.00 Å². The lowest BCUT2D eigenvalue weighted by Gasteiger charge is -2.26. The highest BCUT2D eigenvalue weighted by molar-refractivity contribution is 5.64. The Morgan fingerprint density at radius 2 is 1.80 bits per heavy atom. The molecule has 7 heteroatoms. The summed E-state index contributed by atoms with van der Waals surface area (Å²) in [5, 5.41) is 4.52. The number of halogens is 3. The van der Waals surface area contributed by atoms with Gasteiger partial charge in [0.1, 0.15) is 0 Å². The minimum Gasteiger partial charge on any atom is -0.378 e. The van der Waals surface area contributed by atoms with E-state index >= 15 is 0 Å². The molecular weight excluding hydrogens is 331 g/mol. The molecule has 0 atom stereocenters. The molecule has 0 unspecified atom stereocenters. The van der Waals surface area contributed by atoms with E-state index in [0.29, 0.717) is 13.2 Å². The third-order valence-electron chi connectivity index (χ3n) is 4.09. The second-order valence-electron chi connectivity index (χ2n) is 6.03. The van der Waals surface area contributed by atoms with E-state index in [1.807, 2.05) is 42.6 Å². The van der Waals surface area contributed by atoms with Crippen LogP contribution in [-0.2, 0) is 11.3 Å². The Kier molecular flexibility index (Phi) is 5.53. The highest BCUT2D eigenvalue weighted by Crippen LogP contribution is 2.23. The number of aryl methyl sites for hydroxylation is 1. The molecule has 1 aliphatic heterocycles. The monoisotopic (exact) mass is 352 g/mol. The zero-order valence-electron chi connectivity index (χ0n) is 13.9. The van der Waals surface area contributed by atoms with E-state index < -0.39 is 12.6 Å². The first-order chi connectivity index (χ1) is 12.0. The second kappa shape index (κ2) is 7.82. The molecule has 1 aromatic heterocycles. The molecule has 4 nitrogen and oxygen atoms in total. The van der Waals surface area contributed by atoms with E-state index in [1.165, 1.54) is 0 Å². The fourth-order valence-electron chi connectivity index (χ4n) is 2.82. The molecule has 1 fully saturated rings. The molecule has 0 bridgehead atoms. The second-order valence-corrected chi connectivity index (χ2v) is 6.03. The largest absolute Gasteiger partial charge is 0.389 e. The zero-order valence-corrected chi connectivity index (χ0v) is 13.9. The fraction of sp³-hybridized carbons (Fsp3) is 0.444. The maximum absolute atomic E-state index is 12.4. The number of nitrogens with zero attached hydrogens (tertiary/aromatic N) is 3. The van der Waals surface area contributed by atoms with E-state index in [4.69, 9.17) is 4.74 Å². The number of alkyl halides is 3. The van der Waals surface area contributed by atoms with Crippen molar-refractivity contribution in [3.63, 3.8) is 0 Å². The molecule has 0 radical (unpaired) electrons. The van der Waals surface area contributed by atoms with E-state index in [9.17, 15) is 13.2 Å². The van der Waals surface area contributed by atoms with Gasteiger partial charge < -0.3 is 9.64 Å². The van der Waals surface area contributed by atoms with Crippen LogP contribution in [0.1, 0.15) is 12.8 Å². The Balaban J connectivity index is 1.85. The van der Waals surface area contributed by atoms with Gasteiger partial charge in [0.15, 0.2) is 12.4 Å². The molecule has 1 aliphatic rings. The molecule has 3 rings (SSSR count). The third-order valence-corrected chi connectivity index (χ3v) is 4.09. The van der Waals surface area contributed by atoms with Gasteiger partial charge in [-0.05, 0) is 5.56 Å². The number of ether oxygens (including phenoxy) is 1. The molecule has 2 heterocycles. The number of hydrogen-bond acceptors (Lipinski definition) is 3. The number of morpholine rings is 1. The molecule has 1 aromatic carbocycles. The molecule has 0 saturated carbocycles. The molecule has 25 heavy (non-hydrogen) atoms. The van der Waals surface area contributed by atoms with Crippen molar-refractivity contribution in [2.75, 3.05) is 31.2 Å². The van der Waals surface area contributed by atoms with Crippen molar-refractivity contribution in [2.45, 2.75) is 25.6 Å². The Bertz CT molecular complexity index is 686. The average Bonchev–Trinajstić information content (AvgIpc) is 2.62. The van der Waals surface area contributed by atoms with Crippen molar-refractivity contribution >= 4 is 5.82 Å². The Morgan fingerprint density at radius 1 is 1.08 bits per heavy atom. The Morgan fingerprint density at radius 3 is 2.48 bits per heavy atom. The van der Waals surface area contributed by atoms with E-state index in [1.54, 1.807) is 4.68 Å². The quantitative estimate of drug-likeness (QED) is 0.774. The fourth-order valence-corrected chi connectivity index (χ4v) is 2.82. The summed E-state index contributed by atoms with van der Waals surface area (Å²) in [6.07, 6.45) is -3.10. The SMILES string of the molecule is FC(F)(F)CCC[n+]1cc(-c2ccccc2)cc(N2CCOCC2)n1. The van der Waals surface area contributed by atoms with Crippen molar-refractivity contribution < 1.29 is 22.6 Å². The van der Waals surface area contributed by atoms with Crippen molar-refractivity contribution in [3.05, 3.63) is 42.6 Å². The average molecular weight is 352 g/mol. The Hall–Kier alpha value is -2.15. The van der Waals surface area contributed by atoms with Crippen LogP contribution in [0.2, 0.25) is 0 Å². The summed E-state index contributed by atoms with van der Waals surface area (Å²) in [7, 11) is 0. The van der Waals surface area contributed by atoms with Crippen LogP contribution in [0.15, 0.2) is 42.6 Å². The number of rotatable bonds is 5. The maximum atomic E-state index is 12.4. The summed E-state index contributed by atoms with van der Waals surface area (Å²) < 4.78 is 44.3. The highest BCUT2D eigenvalue weighted by Gasteiger charge is 2.27. The predicted molar refractivity (Wildman–Crippen MR) is 88.2 cm³/mol. The number of anilines is 1. The first kappa shape index (κ1) is 17.7. The summed E-state index contributed by atoms with van der Waals surface area (Å²) in [4.78, 5) is 2.11. The minimum atomic E-state index is -4.13. The van der Waals surface area contributed by atoms with Gasteiger partial charge in [0, 0.05) is 37.1 Å². The summed E-state index contributed by atoms with van der Waals surface area (Å²) in [5.74, 6) is 0.775. The van der Waals surface area contributed by atoms with Gasteiger partial charge in [-0.1, -0.05) is 35.0 Å². The lowest BCUT2D eigenvalue weighted by Crippen LogP contribution is -2.43. The van der Waals surface area contributed by atoms with Crippen molar-refractivity contribution in [1.29, 1.82) is 0 Å². The van der Waals surface area contributed by atoms with Crippen LogP contribution in [0.25, 0.3) is 11.1 Å². The maximum Gasteiger partial charge on any atom is 0.389 e. The molecule has 0 N–H and O–H groups in total. The van der Waals surface area contributed by atoms with Crippen molar-refractivity contribution in [1.82, 2.24) is 5.10 Å². The molecule has 1 saturated heterocycles. The molecule has 0 spiro atoms. The van der Waals surface area contributed by atoms with Crippen LogP contribution in [0.4, 0.5) is 19.0 Å². The summed E-state index contributed by atoms with van der Waals surface area (Å²) in [5.41, 5.74) is 1.97. The van der Waals surface area contributed by atoms with Gasteiger partial charge in [-0.3, -0.25) is 0 Å². The van der Waals surface area contributed by atoms with Crippen molar-refractivity contribution in [3.8, 4) is 11.1 Å². The van der Waals surface area contributed by atoms with Gasteiger partial charge in [0.2, 0.25) is 6.20 Å². The highest BCUT2D eigenvalue weighted by atomic mass is 19.4. The van der Waals surface area contributed by atoms with Crippen LogP contribution in [0.3, 0.4) is 0 Å². The third kappa shape index (κ3) is 5.16. The summed E-state index contributed by atoms with van der Waals surface area (Å²) in [6.45, 7) is 2.95. The first-order valence-corrected chi connectivity index (χ1v) is 8.38. The lowest BCUT2D eigenvalue weighted by molar-refractivity contribution is -0.753. The molecule has 0 amide bonds. The van der Waals surface area contributed by atoms with E-state index in [-0.39, 0.29) is 13.0 Å². The molecule has 0 aliphatic carbocycles. The minimum absolute atomic E-state index is 0.0158. The molecule has 2 aromatic rings. The van der Waals surface area contributed by atoms with E-state index in [0.717, 1.165) is 30.0 Å². The smallest absolute Gasteiger partial charge is 0.378 e. The normalized spacial score (nSPS) is 15.4. The van der Waals surface area contributed by atoms with Crippen LogP contribution in [0.5, 0.6) is 0 Å². The van der Waals surface area contributed by atoms with Gasteiger partial charge in [-0.2, -0.15) is 13.2 Å². The summed E-state index contributed by atoms with van der Waals surface area (Å²) in [6, 6.07) is 11.8. The molecular formula is C18H21F3N3O+. The van der Waals surface area contributed by atoms with Crippen LogP contribution in [-0.4, -0.2) is 37.6 Å². The Labute approximate surface area is 144 Å². The van der Waals surface area contributed by atoms with Gasteiger partial charge in [-0.15, -0.1) is 0 Å². The number of hydrogen-bond donors (Lipinski definition) is 0. The van der Waals surface area contributed by atoms with Gasteiger partial charge in [0.05, 0.1) is 18.8 Å². The van der Waals surface area contributed by atoms with Crippen LogP contribution >= 0.6 is 0 Å². The predicted octanol–water partition coefficient (Wildman–Crippen LogP) is 3.22. The van der Waals surface area contributed by atoms with Gasteiger partial charge in [0.25, 0.3) is 0 Å². The lowest BCUT2D eigenvalue weighted by atomic mass is 10.1. The van der Waals surface area contributed by atoms with Crippen LogP contribution in [0, 0.1) is 0 Å². The summed E-state index contributed by atoms with van der Waals surface area (Å²) >= 11 is 0. The zero-order chi connectivity index (χ0) is 17.7. The molecule has 134 valence electrons. The van der Waals surface area contributed by atoms with Crippen LogP contribution < -0.4 is 9.58 Å². The first-order valence-electron chi connectivity index (χ1n) is 8.38. The standard InChI is InChI=1S/C18H21F3N3O/c19-18(20,21)7-4-8-24-14-16(15-5-2-1-3-6-15)13-17(22-24)23-9-11-25-12-10-23/h1-3,5-6,13-14H,4,7-12H2/q+1.